The number of hydrogen-bond acceptors (Lipinski definition) is 4. The monoisotopic (exact) mass is 290 g/mol. The summed E-state index contributed by atoms with van der Waals surface area (Å²) in [5, 5.41) is 0. The van der Waals surface area contributed by atoms with Crippen LogP contribution in [0.25, 0.3) is 0 Å². The van der Waals surface area contributed by atoms with Gasteiger partial charge in [-0.2, -0.15) is 0 Å². The highest BCUT2D eigenvalue weighted by atomic mass is 16.5. The SMILES string of the molecule is CCOC(=O)C1CCCN(C(=O)c2ccc(N)cc2C)C1. The Kier molecular flexibility index (Phi) is 4.83. The van der Waals surface area contributed by atoms with E-state index in [0.717, 1.165) is 18.4 Å². The summed E-state index contributed by atoms with van der Waals surface area (Å²) in [5.74, 6) is -0.456. The van der Waals surface area contributed by atoms with Crippen LogP contribution in [-0.2, 0) is 9.53 Å². The number of esters is 1. The van der Waals surface area contributed by atoms with E-state index in [1.54, 1.807) is 30.0 Å². The van der Waals surface area contributed by atoms with Crippen molar-refractivity contribution in [3.63, 3.8) is 0 Å². The van der Waals surface area contributed by atoms with Gasteiger partial charge in [-0.05, 0) is 50.5 Å². The quantitative estimate of drug-likeness (QED) is 0.682. The van der Waals surface area contributed by atoms with Crippen LogP contribution in [0.15, 0.2) is 18.2 Å². The molecule has 2 N–H and O–H groups in total. The average Bonchev–Trinajstić information content (AvgIpc) is 2.47. The standard InChI is InChI=1S/C16H22N2O3/c1-3-21-16(20)12-5-4-8-18(10-12)15(19)14-7-6-13(17)9-11(14)2/h6-7,9,12H,3-5,8,10,17H2,1-2H3. The normalized spacial score (nSPS) is 18.4. The lowest BCUT2D eigenvalue weighted by Gasteiger charge is -2.32. The van der Waals surface area contributed by atoms with Crippen molar-refractivity contribution in [2.24, 2.45) is 5.92 Å². The third-order valence-electron chi connectivity index (χ3n) is 3.81. The second-order valence-electron chi connectivity index (χ2n) is 5.42. The molecular formula is C16H22N2O3. The molecule has 0 aromatic heterocycles. The lowest BCUT2D eigenvalue weighted by atomic mass is 9.97. The van der Waals surface area contributed by atoms with Gasteiger partial charge in [-0.3, -0.25) is 9.59 Å². The first kappa shape index (κ1) is 15.4. The van der Waals surface area contributed by atoms with Gasteiger partial charge in [0.1, 0.15) is 0 Å². The zero-order valence-electron chi connectivity index (χ0n) is 12.6. The zero-order chi connectivity index (χ0) is 15.4. The molecule has 0 bridgehead atoms. The minimum atomic E-state index is -0.211. The van der Waals surface area contributed by atoms with E-state index in [4.69, 9.17) is 10.5 Å². The number of nitrogen functional groups attached to an aromatic ring is 1. The van der Waals surface area contributed by atoms with Gasteiger partial charge in [-0.25, -0.2) is 0 Å². The molecule has 0 saturated carbocycles. The number of ether oxygens (including phenoxy) is 1. The summed E-state index contributed by atoms with van der Waals surface area (Å²) in [4.78, 5) is 26.2. The molecule has 1 amide bonds. The average molecular weight is 290 g/mol. The van der Waals surface area contributed by atoms with Crippen LogP contribution in [0.4, 0.5) is 5.69 Å². The van der Waals surface area contributed by atoms with Crippen molar-refractivity contribution in [1.82, 2.24) is 4.90 Å². The molecule has 1 atom stereocenters. The second-order valence-corrected chi connectivity index (χ2v) is 5.42. The van der Waals surface area contributed by atoms with E-state index in [9.17, 15) is 9.59 Å². The van der Waals surface area contributed by atoms with Crippen LogP contribution in [0.2, 0.25) is 0 Å². The van der Waals surface area contributed by atoms with Crippen molar-refractivity contribution in [3.05, 3.63) is 29.3 Å². The maximum absolute atomic E-state index is 12.6. The van der Waals surface area contributed by atoms with Gasteiger partial charge in [0.2, 0.25) is 0 Å². The van der Waals surface area contributed by atoms with Crippen molar-refractivity contribution >= 4 is 17.6 Å². The summed E-state index contributed by atoms with van der Waals surface area (Å²) in [6.45, 7) is 5.15. The number of anilines is 1. The molecule has 1 unspecified atom stereocenters. The third kappa shape index (κ3) is 3.54. The summed E-state index contributed by atoms with van der Waals surface area (Å²) in [6.07, 6.45) is 1.60. The first-order valence-electron chi connectivity index (χ1n) is 7.35. The minimum Gasteiger partial charge on any atom is -0.466 e. The largest absolute Gasteiger partial charge is 0.466 e. The van der Waals surface area contributed by atoms with Gasteiger partial charge in [-0.1, -0.05) is 0 Å². The topological polar surface area (TPSA) is 72.6 Å². The predicted molar refractivity (Wildman–Crippen MR) is 80.9 cm³/mol. The number of nitrogens with zero attached hydrogens (tertiary/aromatic N) is 1. The van der Waals surface area contributed by atoms with Crippen molar-refractivity contribution in [3.8, 4) is 0 Å². The molecule has 1 aliphatic rings. The van der Waals surface area contributed by atoms with Gasteiger partial charge < -0.3 is 15.4 Å². The minimum absolute atomic E-state index is 0.0403. The smallest absolute Gasteiger partial charge is 0.310 e. The Labute approximate surface area is 125 Å². The fourth-order valence-electron chi connectivity index (χ4n) is 2.71. The van der Waals surface area contributed by atoms with Crippen LogP contribution in [-0.4, -0.2) is 36.5 Å². The summed E-state index contributed by atoms with van der Waals surface area (Å²) in [7, 11) is 0. The highest BCUT2D eigenvalue weighted by Gasteiger charge is 2.30. The van der Waals surface area contributed by atoms with Crippen LogP contribution in [0.5, 0.6) is 0 Å². The zero-order valence-corrected chi connectivity index (χ0v) is 12.6. The first-order valence-corrected chi connectivity index (χ1v) is 7.35. The van der Waals surface area contributed by atoms with E-state index < -0.39 is 0 Å². The maximum atomic E-state index is 12.6. The van der Waals surface area contributed by atoms with Crippen molar-refractivity contribution in [1.29, 1.82) is 0 Å². The predicted octanol–water partition coefficient (Wildman–Crippen LogP) is 1.99. The van der Waals surface area contributed by atoms with Crippen molar-refractivity contribution in [2.45, 2.75) is 26.7 Å². The molecule has 1 aromatic carbocycles. The van der Waals surface area contributed by atoms with Gasteiger partial charge >= 0.3 is 5.97 Å². The number of carbonyl (C=O) groups excluding carboxylic acids is 2. The Morgan fingerprint density at radius 3 is 2.86 bits per heavy atom. The van der Waals surface area contributed by atoms with E-state index >= 15 is 0 Å². The maximum Gasteiger partial charge on any atom is 0.310 e. The summed E-state index contributed by atoms with van der Waals surface area (Å²) < 4.78 is 5.06. The summed E-state index contributed by atoms with van der Waals surface area (Å²) >= 11 is 0. The lowest BCUT2D eigenvalue weighted by Crippen LogP contribution is -2.43. The van der Waals surface area contributed by atoms with Crippen LogP contribution in [0.3, 0.4) is 0 Å². The second kappa shape index (κ2) is 6.61. The molecule has 1 heterocycles. The number of piperidine rings is 1. The molecule has 114 valence electrons. The number of carbonyl (C=O) groups is 2. The third-order valence-corrected chi connectivity index (χ3v) is 3.81. The highest BCUT2D eigenvalue weighted by molar-refractivity contribution is 5.96. The van der Waals surface area contributed by atoms with Gasteiger partial charge in [0.15, 0.2) is 0 Å². The Morgan fingerprint density at radius 2 is 2.19 bits per heavy atom. The van der Waals surface area contributed by atoms with Crippen LogP contribution < -0.4 is 5.73 Å². The Bertz CT molecular complexity index is 542. The number of likely N-dealkylation sites (tertiary alicyclic amines) is 1. The fourth-order valence-corrected chi connectivity index (χ4v) is 2.71. The Balaban J connectivity index is 2.10. The van der Waals surface area contributed by atoms with E-state index in [2.05, 4.69) is 0 Å². The molecule has 0 aliphatic carbocycles. The molecule has 2 rings (SSSR count). The summed E-state index contributed by atoms with van der Waals surface area (Å²) in [5.41, 5.74) is 7.87. The van der Waals surface area contributed by atoms with E-state index in [0.29, 0.717) is 30.9 Å². The molecule has 5 nitrogen and oxygen atoms in total. The Morgan fingerprint density at radius 1 is 1.43 bits per heavy atom. The lowest BCUT2D eigenvalue weighted by molar-refractivity contribution is -0.149. The summed E-state index contributed by atoms with van der Waals surface area (Å²) in [6, 6.07) is 5.27. The number of hydrogen-bond donors (Lipinski definition) is 1. The van der Waals surface area contributed by atoms with Gasteiger partial charge in [-0.15, -0.1) is 0 Å². The van der Waals surface area contributed by atoms with Gasteiger partial charge in [0.25, 0.3) is 5.91 Å². The molecule has 21 heavy (non-hydrogen) atoms. The highest BCUT2D eigenvalue weighted by Crippen LogP contribution is 2.21. The fraction of sp³-hybridized carbons (Fsp3) is 0.500. The van der Waals surface area contributed by atoms with E-state index in [1.807, 2.05) is 6.92 Å². The van der Waals surface area contributed by atoms with Crippen molar-refractivity contribution < 1.29 is 14.3 Å². The molecule has 0 radical (unpaired) electrons. The van der Waals surface area contributed by atoms with Gasteiger partial charge in [0, 0.05) is 24.3 Å². The van der Waals surface area contributed by atoms with Crippen LogP contribution >= 0.6 is 0 Å². The first-order chi connectivity index (χ1) is 10.0. The Hall–Kier alpha value is -2.04. The number of aryl methyl sites for hydroxylation is 1. The van der Waals surface area contributed by atoms with Crippen LogP contribution in [0.1, 0.15) is 35.7 Å². The molecule has 1 fully saturated rings. The van der Waals surface area contributed by atoms with Gasteiger partial charge in [0.05, 0.1) is 12.5 Å². The molecule has 0 spiro atoms. The molecule has 5 heteroatoms. The molecule has 1 aromatic rings. The molecular weight excluding hydrogens is 268 g/mol. The number of rotatable bonds is 3. The molecule has 1 aliphatic heterocycles. The van der Waals surface area contributed by atoms with E-state index in [1.165, 1.54) is 0 Å². The number of nitrogens with two attached hydrogens (primary N) is 1. The van der Waals surface area contributed by atoms with Crippen molar-refractivity contribution in [2.75, 3.05) is 25.4 Å². The van der Waals surface area contributed by atoms with Crippen LogP contribution in [0, 0.1) is 12.8 Å². The number of amides is 1. The van der Waals surface area contributed by atoms with E-state index in [-0.39, 0.29) is 17.8 Å². The molecule has 1 saturated heterocycles. The number of benzene rings is 1.